The first-order chi connectivity index (χ1) is 17.7. The molecule has 200 valence electrons. The average molecular weight is 529 g/mol. The molecule has 37 heavy (non-hydrogen) atoms. The topological polar surface area (TPSA) is 79.3 Å². The van der Waals surface area contributed by atoms with Crippen molar-refractivity contribution >= 4 is 23.4 Å². The quantitative estimate of drug-likeness (QED) is 0.566. The third kappa shape index (κ3) is 6.57. The maximum atomic E-state index is 13.4. The van der Waals surface area contributed by atoms with Gasteiger partial charge in [-0.25, -0.2) is 0 Å². The van der Waals surface area contributed by atoms with Crippen LogP contribution in [-0.4, -0.2) is 72.7 Å². The highest BCUT2D eigenvalue weighted by molar-refractivity contribution is 6.32. The molecule has 4 rings (SSSR count). The number of halogens is 1. The molecule has 0 aromatic heterocycles. The van der Waals surface area contributed by atoms with Crippen molar-refractivity contribution in [3.05, 3.63) is 58.1 Å². The number of aliphatic hydroxyl groups is 1. The number of carbonyl (C=O) groups is 2. The van der Waals surface area contributed by atoms with Crippen LogP contribution in [0.3, 0.4) is 0 Å². The fraction of sp³-hybridized carbons (Fsp3) is 0.517. The largest absolute Gasteiger partial charge is 0.497 e. The maximum absolute atomic E-state index is 13.4. The highest BCUT2D eigenvalue weighted by Crippen LogP contribution is 2.37. The number of aryl methyl sites for hydroxylation is 2. The Morgan fingerprint density at radius 2 is 1.68 bits per heavy atom. The SMILES string of the molecule is COc1ccc(C(=O)N2CCC[C@@](COc3cc(C)c(Cl)c(C)c3)(CC(=O)N3CCC(O)CC3)C2)cc1. The Kier molecular flexibility index (Phi) is 8.65. The van der Waals surface area contributed by atoms with Crippen LogP contribution in [0.4, 0.5) is 0 Å². The maximum Gasteiger partial charge on any atom is 0.253 e. The summed E-state index contributed by atoms with van der Waals surface area (Å²) in [7, 11) is 1.60. The van der Waals surface area contributed by atoms with E-state index in [-0.39, 0.29) is 17.9 Å². The molecule has 1 N–H and O–H groups in total. The van der Waals surface area contributed by atoms with E-state index in [1.54, 1.807) is 31.4 Å². The molecule has 0 radical (unpaired) electrons. The number of methoxy groups -OCH3 is 1. The van der Waals surface area contributed by atoms with E-state index >= 15 is 0 Å². The molecule has 0 unspecified atom stereocenters. The zero-order valence-corrected chi connectivity index (χ0v) is 22.7. The minimum absolute atomic E-state index is 0.0534. The van der Waals surface area contributed by atoms with Gasteiger partial charge in [0, 0.05) is 48.6 Å². The molecule has 2 aliphatic rings. The predicted molar refractivity (Wildman–Crippen MR) is 143 cm³/mol. The average Bonchev–Trinajstić information content (AvgIpc) is 2.90. The molecule has 8 heteroatoms. The Morgan fingerprint density at radius 3 is 2.30 bits per heavy atom. The number of rotatable bonds is 7. The third-order valence-electron chi connectivity index (χ3n) is 7.58. The minimum Gasteiger partial charge on any atom is -0.497 e. The van der Waals surface area contributed by atoms with E-state index in [9.17, 15) is 14.7 Å². The first kappa shape index (κ1) is 27.3. The number of piperidine rings is 2. The second kappa shape index (κ2) is 11.7. The molecule has 0 spiro atoms. The third-order valence-corrected chi connectivity index (χ3v) is 8.18. The lowest BCUT2D eigenvalue weighted by Gasteiger charge is -2.43. The van der Waals surface area contributed by atoms with Crippen LogP contribution >= 0.6 is 11.6 Å². The molecule has 2 aliphatic heterocycles. The Balaban J connectivity index is 1.54. The van der Waals surface area contributed by atoms with Crippen molar-refractivity contribution in [1.82, 2.24) is 9.80 Å². The molecule has 2 heterocycles. The van der Waals surface area contributed by atoms with Gasteiger partial charge in [-0.05, 0) is 87.1 Å². The lowest BCUT2D eigenvalue weighted by atomic mass is 9.77. The van der Waals surface area contributed by atoms with Crippen molar-refractivity contribution in [3.8, 4) is 11.5 Å². The number of likely N-dealkylation sites (tertiary alicyclic amines) is 2. The molecular weight excluding hydrogens is 492 g/mol. The number of nitrogens with zero attached hydrogens (tertiary/aromatic N) is 2. The lowest BCUT2D eigenvalue weighted by molar-refractivity contribution is -0.137. The van der Waals surface area contributed by atoms with Gasteiger partial charge in [-0.3, -0.25) is 9.59 Å². The molecule has 2 amide bonds. The van der Waals surface area contributed by atoms with E-state index in [1.165, 1.54) is 0 Å². The van der Waals surface area contributed by atoms with Gasteiger partial charge in [0.25, 0.3) is 5.91 Å². The highest BCUT2D eigenvalue weighted by atomic mass is 35.5. The van der Waals surface area contributed by atoms with Gasteiger partial charge in [0.2, 0.25) is 5.91 Å². The van der Waals surface area contributed by atoms with E-state index in [4.69, 9.17) is 21.1 Å². The molecular formula is C29H37ClN2O5. The van der Waals surface area contributed by atoms with E-state index in [0.717, 1.165) is 29.0 Å². The normalized spacial score (nSPS) is 20.6. The second-order valence-corrected chi connectivity index (χ2v) is 10.9. The van der Waals surface area contributed by atoms with Crippen LogP contribution in [-0.2, 0) is 4.79 Å². The van der Waals surface area contributed by atoms with Gasteiger partial charge >= 0.3 is 0 Å². The zero-order chi connectivity index (χ0) is 26.6. The molecule has 0 aliphatic carbocycles. The summed E-state index contributed by atoms with van der Waals surface area (Å²) >= 11 is 6.35. The number of aliphatic hydroxyl groups excluding tert-OH is 1. The van der Waals surface area contributed by atoms with Gasteiger partial charge in [-0.2, -0.15) is 0 Å². The van der Waals surface area contributed by atoms with Gasteiger partial charge in [-0.1, -0.05) is 11.6 Å². The van der Waals surface area contributed by atoms with Crippen LogP contribution in [0, 0.1) is 19.3 Å². The van der Waals surface area contributed by atoms with Crippen LogP contribution in [0.2, 0.25) is 5.02 Å². The molecule has 2 aromatic rings. The van der Waals surface area contributed by atoms with Gasteiger partial charge in [0.15, 0.2) is 0 Å². The number of hydrogen-bond donors (Lipinski definition) is 1. The smallest absolute Gasteiger partial charge is 0.253 e. The van der Waals surface area contributed by atoms with Gasteiger partial charge in [0.1, 0.15) is 11.5 Å². The van der Waals surface area contributed by atoms with Crippen LogP contribution in [0.1, 0.15) is 53.6 Å². The number of benzene rings is 2. The summed E-state index contributed by atoms with van der Waals surface area (Å²) in [6.07, 6.45) is 2.72. The first-order valence-corrected chi connectivity index (χ1v) is 13.4. The van der Waals surface area contributed by atoms with Crippen LogP contribution in [0.25, 0.3) is 0 Å². The van der Waals surface area contributed by atoms with Crippen LogP contribution in [0.5, 0.6) is 11.5 Å². The summed E-state index contributed by atoms with van der Waals surface area (Å²) in [5.41, 5.74) is 1.95. The van der Waals surface area contributed by atoms with E-state index in [1.807, 2.05) is 35.8 Å². The van der Waals surface area contributed by atoms with Crippen LogP contribution in [0.15, 0.2) is 36.4 Å². The number of carbonyl (C=O) groups excluding carboxylic acids is 2. The Morgan fingerprint density at radius 1 is 1.03 bits per heavy atom. The van der Waals surface area contributed by atoms with Crippen molar-refractivity contribution in [1.29, 1.82) is 0 Å². The second-order valence-electron chi connectivity index (χ2n) is 10.5. The number of hydrogen-bond acceptors (Lipinski definition) is 5. The van der Waals surface area contributed by atoms with E-state index < -0.39 is 5.41 Å². The van der Waals surface area contributed by atoms with Gasteiger partial charge in [0.05, 0.1) is 19.8 Å². The molecule has 0 bridgehead atoms. The predicted octanol–water partition coefficient (Wildman–Crippen LogP) is 4.64. The van der Waals surface area contributed by atoms with Crippen molar-refractivity contribution in [2.24, 2.45) is 5.41 Å². The summed E-state index contributed by atoms with van der Waals surface area (Å²) in [5.74, 6) is 1.41. The zero-order valence-electron chi connectivity index (χ0n) is 22.0. The fourth-order valence-corrected chi connectivity index (χ4v) is 5.49. The standard InChI is InChI=1S/C29H37ClN2O5/c1-20-15-25(16-21(2)27(20)30)37-19-29(17-26(34)31-13-9-23(33)10-14-31)11-4-12-32(18-29)28(35)22-5-7-24(36-3)8-6-22/h5-8,15-16,23,33H,4,9-14,17-19H2,1-3H3/t29-/m1/s1. The Bertz CT molecular complexity index is 1090. The van der Waals surface area contributed by atoms with Crippen LogP contribution < -0.4 is 9.47 Å². The Hall–Kier alpha value is -2.77. The summed E-state index contributed by atoms with van der Waals surface area (Å²) < 4.78 is 11.5. The summed E-state index contributed by atoms with van der Waals surface area (Å²) in [6, 6.07) is 11.0. The summed E-state index contributed by atoms with van der Waals surface area (Å²) in [5, 5.41) is 10.6. The van der Waals surface area contributed by atoms with E-state index in [2.05, 4.69) is 0 Å². The highest BCUT2D eigenvalue weighted by Gasteiger charge is 2.41. The molecule has 2 aromatic carbocycles. The number of ether oxygens (including phenoxy) is 2. The Labute approximate surface area is 224 Å². The summed E-state index contributed by atoms with van der Waals surface area (Å²) in [4.78, 5) is 30.5. The molecule has 1 atom stereocenters. The molecule has 7 nitrogen and oxygen atoms in total. The van der Waals surface area contributed by atoms with E-state index in [0.29, 0.717) is 69.1 Å². The number of amides is 2. The van der Waals surface area contributed by atoms with Crippen molar-refractivity contribution in [3.63, 3.8) is 0 Å². The monoisotopic (exact) mass is 528 g/mol. The van der Waals surface area contributed by atoms with Crippen molar-refractivity contribution in [2.75, 3.05) is 39.9 Å². The summed E-state index contributed by atoms with van der Waals surface area (Å²) in [6.45, 7) is 6.40. The lowest BCUT2D eigenvalue weighted by Crippen LogP contribution is -2.51. The molecule has 2 saturated heterocycles. The molecule has 2 fully saturated rings. The molecule has 0 saturated carbocycles. The van der Waals surface area contributed by atoms with Crippen molar-refractivity contribution in [2.45, 2.75) is 52.1 Å². The first-order valence-electron chi connectivity index (χ1n) is 13.0. The minimum atomic E-state index is -0.519. The van der Waals surface area contributed by atoms with Gasteiger partial charge < -0.3 is 24.4 Å². The fourth-order valence-electron chi connectivity index (χ4n) is 5.38. The van der Waals surface area contributed by atoms with Crippen molar-refractivity contribution < 1.29 is 24.2 Å². The van der Waals surface area contributed by atoms with Gasteiger partial charge in [-0.15, -0.1) is 0 Å².